The van der Waals surface area contributed by atoms with Crippen molar-refractivity contribution >= 4 is 5.69 Å². The number of anilines is 1. The van der Waals surface area contributed by atoms with Crippen LogP contribution in [0.4, 0.5) is 14.5 Å². The van der Waals surface area contributed by atoms with Gasteiger partial charge >= 0.3 is 0 Å². The summed E-state index contributed by atoms with van der Waals surface area (Å²) in [6.45, 7) is 0.658. The number of benzene rings is 1. The Kier molecular flexibility index (Phi) is 5.22. The van der Waals surface area contributed by atoms with Crippen LogP contribution in [0.25, 0.3) is 0 Å². The second-order valence-corrected chi connectivity index (χ2v) is 4.90. The van der Waals surface area contributed by atoms with E-state index in [0.29, 0.717) is 12.2 Å². The van der Waals surface area contributed by atoms with Crippen LogP contribution in [-0.4, -0.2) is 25.6 Å². The van der Waals surface area contributed by atoms with Crippen LogP contribution in [-0.2, 0) is 0 Å². The van der Waals surface area contributed by atoms with E-state index >= 15 is 0 Å². The zero-order valence-corrected chi connectivity index (χ0v) is 12.2. The molecule has 2 aromatic rings. The van der Waals surface area contributed by atoms with Crippen molar-refractivity contribution in [3.8, 4) is 0 Å². The van der Waals surface area contributed by atoms with Crippen molar-refractivity contribution in [1.29, 1.82) is 0 Å². The number of para-hydroxylation sites is 1. The summed E-state index contributed by atoms with van der Waals surface area (Å²) in [5, 5.41) is 3.15. The van der Waals surface area contributed by atoms with Crippen molar-refractivity contribution in [2.45, 2.75) is 12.5 Å². The quantitative estimate of drug-likeness (QED) is 0.886. The minimum absolute atomic E-state index is 0.000163. The number of nitrogens with one attached hydrogen (secondary N) is 1. The first-order valence-electron chi connectivity index (χ1n) is 6.86. The van der Waals surface area contributed by atoms with Gasteiger partial charge in [-0.05, 0) is 37.7 Å². The molecular formula is C16H19F2N3. The van der Waals surface area contributed by atoms with Crippen LogP contribution in [0.15, 0.2) is 42.6 Å². The maximum absolute atomic E-state index is 13.7. The maximum atomic E-state index is 13.7. The van der Waals surface area contributed by atoms with Crippen molar-refractivity contribution in [2.24, 2.45) is 0 Å². The molecule has 0 aliphatic carbocycles. The number of rotatable bonds is 6. The molecule has 1 heterocycles. The Morgan fingerprint density at radius 1 is 1.19 bits per heavy atom. The topological polar surface area (TPSA) is 28.2 Å². The van der Waals surface area contributed by atoms with Gasteiger partial charge in [-0.15, -0.1) is 0 Å². The van der Waals surface area contributed by atoms with Crippen molar-refractivity contribution < 1.29 is 8.78 Å². The normalized spacial score (nSPS) is 12.2. The fraction of sp³-hybridized carbons (Fsp3) is 0.312. The highest BCUT2D eigenvalue weighted by Crippen LogP contribution is 2.20. The van der Waals surface area contributed by atoms with Crippen LogP contribution >= 0.6 is 0 Å². The molecule has 1 aromatic heterocycles. The Hall–Kier alpha value is -2.01. The third-order valence-electron chi connectivity index (χ3n) is 3.47. The molecule has 21 heavy (non-hydrogen) atoms. The summed E-state index contributed by atoms with van der Waals surface area (Å²) < 4.78 is 26.6. The smallest absolute Gasteiger partial charge is 0.146 e. The number of aromatic nitrogens is 1. The fourth-order valence-electron chi connectivity index (χ4n) is 2.24. The predicted molar refractivity (Wildman–Crippen MR) is 80.3 cm³/mol. The first kappa shape index (κ1) is 15.4. The molecule has 0 aliphatic rings. The van der Waals surface area contributed by atoms with E-state index in [9.17, 15) is 8.78 Å². The number of nitrogens with zero attached hydrogens (tertiary/aromatic N) is 2. The van der Waals surface area contributed by atoms with Gasteiger partial charge in [-0.2, -0.15) is 0 Å². The van der Waals surface area contributed by atoms with E-state index < -0.39 is 0 Å². The highest BCUT2D eigenvalue weighted by molar-refractivity contribution is 5.46. The summed E-state index contributed by atoms with van der Waals surface area (Å²) in [6.07, 6.45) is 1.94. The Morgan fingerprint density at radius 2 is 1.95 bits per heavy atom. The predicted octanol–water partition coefficient (Wildman–Crippen LogP) is 3.15. The lowest BCUT2D eigenvalue weighted by Crippen LogP contribution is -2.26. The van der Waals surface area contributed by atoms with Gasteiger partial charge in [0.25, 0.3) is 0 Å². The number of hydrogen-bond donors (Lipinski definition) is 1. The Morgan fingerprint density at radius 3 is 2.57 bits per heavy atom. The molecule has 0 radical (unpaired) electrons. The van der Waals surface area contributed by atoms with E-state index in [1.165, 1.54) is 18.3 Å². The van der Waals surface area contributed by atoms with Gasteiger partial charge in [-0.3, -0.25) is 4.98 Å². The van der Waals surface area contributed by atoms with Crippen molar-refractivity contribution in [2.75, 3.05) is 25.5 Å². The summed E-state index contributed by atoms with van der Waals surface area (Å²) in [5.41, 5.74) is 1.35. The fourth-order valence-corrected chi connectivity index (χ4v) is 2.24. The Bertz CT molecular complexity index is 572. The van der Waals surface area contributed by atoms with Crippen LogP contribution < -0.4 is 10.2 Å². The largest absolute Gasteiger partial charge is 0.372 e. The van der Waals surface area contributed by atoms with E-state index in [0.717, 1.165) is 12.1 Å². The summed E-state index contributed by atoms with van der Waals surface area (Å²) in [6, 6.07) is 9.74. The minimum atomic E-state index is -0.350. The lowest BCUT2D eigenvalue weighted by molar-refractivity contribution is 0.528. The third-order valence-corrected chi connectivity index (χ3v) is 3.47. The SMILES string of the molecule is CNC(CCN(C)c1ccccc1F)c1ccc(F)cn1. The first-order chi connectivity index (χ1) is 10.1. The molecular weight excluding hydrogens is 272 g/mol. The van der Waals surface area contributed by atoms with Gasteiger partial charge in [0.1, 0.15) is 11.6 Å². The molecule has 0 aliphatic heterocycles. The number of halogens is 2. The average Bonchev–Trinajstić information content (AvgIpc) is 2.49. The second kappa shape index (κ2) is 7.13. The van der Waals surface area contributed by atoms with E-state index in [-0.39, 0.29) is 17.7 Å². The van der Waals surface area contributed by atoms with Crippen LogP contribution in [0.5, 0.6) is 0 Å². The van der Waals surface area contributed by atoms with Crippen LogP contribution in [0.3, 0.4) is 0 Å². The summed E-state index contributed by atoms with van der Waals surface area (Å²) in [5.74, 6) is -0.585. The number of pyridine rings is 1. The van der Waals surface area contributed by atoms with Gasteiger partial charge < -0.3 is 10.2 Å². The Balaban J connectivity index is 2.00. The molecule has 1 aromatic carbocycles. The van der Waals surface area contributed by atoms with Crippen LogP contribution in [0, 0.1) is 11.6 Å². The maximum Gasteiger partial charge on any atom is 0.146 e. The molecule has 0 spiro atoms. The van der Waals surface area contributed by atoms with Crippen LogP contribution in [0.1, 0.15) is 18.2 Å². The minimum Gasteiger partial charge on any atom is -0.372 e. The zero-order valence-electron chi connectivity index (χ0n) is 12.2. The van der Waals surface area contributed by atoms with Gasteiger partial charge in [0.15, 0.2) is 0 Å². The molecule has 2 rings (SSSR count). The van der Waals surface area contributed by atoms with Gasteiger partial charge in [0.05, 0.1) is 23.6 Å². The van der Waals surface area contributed by atoms with Gasteiger partial charge in [-0.1, -0.05) is 12.1 Å². The van der Waals surface area contributed by atoms with Crippen molar-refractivity contribution in [1.82, 2.24) is 10.3 Å². The molecule has 3 nitrogen and oxygen atoms in total. The monoisotopic (exact) mass is 291 g/mol. The molecule has 112 valence electrons. The molecule has 0 saturated carbocycles. The summed E-state index contributed by atoms with van der Waals surface area (Å²) in [7, 11) is 3.68. The number of hydrogen-bond acceptors (Lipinski definition) is 3. The highest BCUT2D eigenvalue weighted by Gasteiger charge is 2.13. The molecule has 0 amide bonds. The highest BCUT2D eigenvalue weighted by atomic mass is 19.1. The van der Waals surface area contributed by atoms with Crippen molar-refractivity contribution in [3.05, 3.63) is 59.9 Å². The van der Waals surface area contributed by atoms with Gasteiger partial charge in [-0.25, -0.2) is 8.78 Å². The zero-order chi connectivity index (χ0) is 15.2. The first-order valence-corrected chi connectivity index (χ1v) is 6.86. The van der Waals surface area contributed by atoms with Gasteiger partial charge in [0.2, 0.25) is 0 Å². The van der Waals surface area contributed by atoms with E-state index in [4.69, 9.17) is 0 Å². The molecule has 1 unspecified atom stereocenters. The standard InChI is InChI=1S/C16H19F2N3/c1-19-14(15-8-7-12(17)11-20-15)9-10-21(2)16-6-4-3-5-13(16)18/h3-8,11,14,19H,9-10H2,1-2H3. The molecule has 1 N–H and O–H groups in total. The van der Waals surface area contributed by atoms with E-state index in [1.807, 2.05) is 25.1 Å². The third kappa shape index (κ3) is 3.98. The van der Waals surface area contributed by atoms with Gasteiger partial charge in [0, 0.05) is 13.6 Å². The summed E-state index contributed by atoms with van der Waals surface area (Å²) in [4.78, 5) is 5.95. The lowest BCUT2D eigenvalue weighted by Gasteiger charge is -2.23. The lowest BCUT2D eigenvalue weighted by atomic mass is 10.1. The molecule has 0 fully saturated rings. The molecule has 0 bridgehead atoms. The average molecular weight is 291 g/mol. The summed E-state index contributed by atoms with van der Waals surface area (Å²) >= 11 is 0. The van der Waals surface area contributed by atoms with Crippen molar-refractivity contribution in [3.63, 3.8) is 0 Å². The molecule has 5 heteroatoms. The van der Waals surface area contributed by atoms with E-state index in [2.05, 4.69) is 10.3 Å². The van der Waals surface area contributed by atoms with E-state index in [1.54, 1.807) is 18.2 Å². The molecule has 1 atom stereocenters. The molecule has 0 saturated heterocycles. The van der Waals surface area contributed by atoms with Crippen LogP contribution in [0.2, 0.25) is 0 Å². The Labute approximate surface area is 123 Å². The second-order valence-electron chi connectivity index (χ2n) is 4.90.